The summed E-state index contributed by atoms with van der Waals surface area (Å²) in [6.07, 6.45) is -2.79. The van der Waals surface area contributed by atoms with Gasteiger partial charge < -0.3 is 19.3 Å². The number of esters is 1. The molecule has 8 heteroatoms. The molecule has 0 aromatic heterocycles. The van der Waals surface area contributed by atoms with Gasteiger partial charge in [-0.2, -0.15) is 0 Å². The molecule has 2 rings (SSSR count). The third-order valence-electron chi connectivity index (χ3n) is 2.74. The fourth-order valence-electron chi connectivity index (χ4n) is 1.95. The van der Waals surface area contributed by atoms with Crippen LogP contribution in [0.25, 0.3) is 10.4 Å². The van der Waals surface area contributed by atoms with Gasteiger partial charge in [0.1, 0.15) is 18.2 Å². The summed E-state index contributed by atoms with van der Waals surface area (Å²) < 4.78 is 15.8. The molecule has 94 valence electrons. The second kappa shape index (κ2) is 4.15. The highest BCUT2D eigenvalue weighted by Gasteiger charge is 2.51. The van der Waals surface area contributed by atoms with Crippen molar-refractivity contribution < 1.29 is 24.1 Å². The van der Waals surface area contributed by atoms with Crippen molar-refractivity contribution in [2.45, 2.75) is 44.0 Å². The molecule has 0 unspecified atom stereocenters. The molecule has 0 saturated carbocycles. The van der Waals surface area contributed by atoms with Crippen molar-refractivity contribution in [1.29, 1.82) is 0 Å². The number of aliphatic hydroxyl groups is 1. The van der Waals surface area contributed by atoms with E-state index in [9.17, 15) is 9.90 Å². The Bertz CT molecular complexity index is 379. The van der Waals surface area contributed by atoms with Crippen LogP contribution in [0.1, 0.15) is 13.8 Å². The van der Waals surface area contributed by atoms with Crippen LogP contribution in [0.3, 0.4) is 0 Å². The number of hydrogen-bond acceptors (Lipinski definition) is 6. The van der Waals surface area contributed by atoms with E-state index in [1.165, 1.54) is 0 Å². The zero-order valence-corrected chi connectivity index (χ0v) is 9.44. The number of ether oxygens (including phenoxy) is 3. The van der Waals surface area contributed by atoms with Gasteiger partial charge in [-0.05, 0) is 19.4 Å². The van der Waals surface area contributed by atoms with E-state index in [0.29, 0.717) is 0 Å². The van der Waals surface area contributed by atoms with Crippen molar-refractivity contribution in [3.05, 3.63) is 10.4 Å². The van der Waals surface area contributed by atoms with Crippen LogP contribution < -0.4 is 0 Å². The average molecular weight is 243 g/mol. The van der Waals surface area contributed by atoms with Crippen molar-refractivity contribution in [1.82, 2.24) is 0 Å². The first kappa shape index (κ1) is 12.1. The van der Waals surface area contributed by atoms with E-state index in [4.69, 9.17) is 19.7 Å². The molecule has 2 heterocycles. The molecule has 0 radical (unpaired) electrons. The van der Waals surface area contributed by atoms with Gasteiger partial charge in [-0.3, -0.25) is 0 Å². The Morgan fingerprint density at radius 2 is 2.29 bits per heavy atom. The number of rotatable bonds is 2. The Labute approximate surface area is 97.1 Å². The summed E-state index contributed by atoms with van der Waals surface area (Å²) in [6, 6.07) is -0.977. The Hall–Kier alpha value is -1.34. The summed E-state index contributed by atoms with van der Waals surface area (Å²) in [5.74, 6) is -1.58. The number of aliphatic hydroxyl groups excluding tert-OH is 1. The number of hydrogen-bond donors (Lipinski definition) is 1. The van der Waals surface area contributed by atoms with Gasteiger partial charge in [0.15, 0.2) is 11.9 Å². The van der Waals surface area contributed by atoms with Crippen LogP contribution in [0, 0.1) is 0 Å². The predicted octanol–water partition coefficient (Wildman–Crippen LogP) is 0.103. The summed E-state index contributed by atoms with van der Waals surface area (Å²) in [5, 5.41) is 12.9. The van der Waals surface area contributed by atoms with Crippen LogP contribution in [0.15, 0.2) is 5.11 Å². The fourth-order valence-corrected chi connectivity index (χ4v) is 1.95. The molecular formula is C9H13N3O5. The maximum Gasteiger partial charge on any atom is 0.335 e. The lowest BCUT2D eigenvalue weighted by atomic mass is 10.0. The van der Waals surface area contributed by atoms with Crippen LogP contribution in [-0.2, 0) is 19.0 Å². The molecule has 0 spiro atoms. The molecule has 8 nitrogen and oxygen atoms in total. The van der Waals surface area contributed by atoms with Gasteiger partial charge in [0.2, 0.25) is 0 Å². The quantitative estimate of drug-likeness (QED) is 0.320. The second-order valence-electron chi connectivity index (χ2n) is 4.41. The summed E-state index contributed by atoms with van der Waals surface area (Å²) in [5.41, 5.74) is 8.40. The Kier molecular flexibility index (Phi) is 2.96. The lowest BCUT2D eigenvalue weighted by molar-refractivity contribution is -0.163. The highest BCUT2D eigenvalue weighted by Crippen LogP contribution is 2.31. The molecule has 0 aliphatic carbocycles. The van der Waals surface area contributed by atoms with Gasteiger partial charge in [0.05, 0.1) is 6.61 Å². The first-order valence-electron chi connectivity index (χ1n) is 5.19. The van der Waals surface area contributed by atoms with Gasteiger partial charge in [0, 0.05) is 4.91 Å². The van der Waals surface area contributed by atoms with Crippen LogP contribution in [-0.4, -0.2) is 47.8 Å². The SMILES string of the molecule is CC1(C)OC[C@H]([C@H]2OC(=O)[C@H](O)[C@H]2N=[N+]=[N-])O1. The number of cyclic esters (lactones) is 1. The number of carbonyl (C=O) groups is 1. The Morgan fingerprint density at radius 3 is 2.82 bits per heavy atom. The third-order valence-corrected chi connectivity index (χ3v) is 2.74. The zero-order chi connectivity index (χ0) is 12.6. The maximum absolute atomic E-state index is 11.2. The van der Waals surface area contributed by atoms with Crippen LogP contribution in [0.4, 0.5) is 0 Å². The molecule has 2 fully saturated rings. The van der Waals surface area contributed by atoms with Crippen molar-refractivity contribution in [3.8, 4) is 0 Å². The number of azide groups is 1. The molecular weight excluding hydrogens is 230 g/mol. The van der Waals surface area contributed by atoms with Crippen LogP contribution in [0.5, 0.6) is 0 Å². The molecule has 2 saturated heterocycles. The van der Waals surface area contributed by atoms with E-state index >= 15 is 0 Å². The minimum Gasteiger partial charge on any atom is -0.457 e. The van der Waals surface area contributed by atoms with E-state index in [2.05, 4.69) is 10.0 Å². The number of carbonyl (C=O) groups excluding carboxylic acids is 1. The predicted molar refractivity (Wildman–Crippen MR) is 53.7 cm³/mol. The number of nitrogens with zero attached hydrogens (tertiary/aromatic N) is 3. The van der Waals surface area contributed by atoms with Crippen molar-refractivity contribution in [3.63, 3.8) is 0 Å². The van der Waals surface area contributed by atoms with Crippen molar-refractivity contribution >= 4 is 5.97 Å². The largest absolute Gasteiger partial charge is 0.457 e. The van der Waals surface area contributed by atoms with E-state index in [1.54, 1.807) is 13.8 Å². The molecule has 0 amide bonds. The van der Waals surface area contributed by atoms with E-state index in [1.807, 2.05) is 0 Å². The smallest absolute Gasteiger partial charge is 0.335 e. The molecule has 0 aromatic carbocycles. The van der Waals surface area contributed by atoms with Gasteiger partial charge in [-0.1, -0.05) is 5.11 Å². The van der Waals surface area contributed by atoms with Crippen LogP contribution in [0.2, 0.25) is 0 Å². The first-order valence-corrected chi connectivity index (χ1v) is 5.19. The highest BCUT2D eigenvalue weighted by atomic mass is 16.8. The molecule has 4 atom stereocenters. The fraction of sp³-hybridized carbons (Fsp3) is 0.889. The normalized spacial score (nSPS) is 39.8. The van der Waals surface area contributed by atoms with Crippen molar-refractivity contribution in [2.75, 3.05) is 6.61 Å². The molecule has 2 aliphatic heterocycles. The molecule has 17 heavy (non-hydrogen) atoms. The van der Waals surface area contributed by atoms with Gasteiger partial charge in [0.25, 0.3) is 0 Å². The lowest BCUT2D eigenvalue weighted by Gasteiger charge is -2.22. The van der Waals surface area contributed by atoms with E-state index < -0.39 is 36.1 Å². The Morgan fingerprint density at radius 1 is 1.59 bits per heavy atom. The zero-order valence-electron chi connectivity index (χ0n) is 9.44. The van der Waals surface area contributed by atoms with E-state index in [0.717, 1.165) is 0 Å². The van der Waals surface area contributed by atoms with Crippen molar-refractivity contribution in [2.24, 2.45) is 5.11 Å². The molecule has 0 bridgehead atoms. The summed E-state index contributed by atoms with van der Waals surface area (Å²) in [4.78, 5) is 13.8. The lowest BCUT2D eigenvalue weighted by Crippen LogP contribution is -2.39. The standard InChI is InChI=1S/C9H13N3O5/c1-9(2)15-3-4(17-9)7-5(11-12-10)6(13)8(14)16-7/h4-7,13H,3H2,1-2H3/t4-,5-,6-,7-/m1/s1. The molecule has 1 N–H and O–H groups in total. The average Bonchev–Trinajstić information content (AvgIpc) is 2.73. The minimum atomic E-state index is -1.44. The van der Waals surface area contributed by atoms with Crippen LogP contribution >= 0.6 is 0 Å². The Balaban J connectivity index is 2.15. The molecule has 2 aliphatic rings. The minimum absolute atomic E-state index is 0.217. The monoisotopic (exact) mass is 243 g/mol. The van der Waals surface area contributed by atoms with Gasteiger partial charge in [-0.15, -0.1) is 0 Å². The second-order valence-corrected chi connectivity index (χ2v) is 4.41. The van der Waals surface area contributed by atoms with E-state index in [-0.39, 0.29) is 6.61 Å². The molecule has 0 aromatic rings. The summed E-state index contributed by atoms with van der Waals surface area (Å²) in [6.45, 7) is 3.67. The van der Waals surface area contributed by atoms with Gasteiger partial charge in [-0.25, -0.2) is 4.79 Å². The third kappa shape index (κ3) is 2.20. The maximum atomic E-state index is 11.2. The highest BCUT2D eigenvalue weighted by molar-refractivity contribution is 5.78. The summed E-state index contributed by atoms with van der Waals surface area (Å²) >= 11 is 0. The first-order chi connectivity index (χ1) is 7.94. The van der Waals surface area contributed by atoms with Gasteiger partial charge >= 0.3 is 5.97 Å². The summed E-state index contributed by atoms with van der Waals surface area (Å²) in [7, 11) is 0. The topological polar surface area (TPSA) is 114 Å².